The lowest BCUT2D eigenvalue weighted by molar-refractivity contribution is -0.136. The third-order valence-corrected chi connectivity index (χ3v) is 5.69. The summed E-state index contributed by atoms with van der Waals surface area (Å²) in [6, 6.07) is 22.4. The lowest BCUT2D eigenvalue weighted by Crippen LogP contribution is -2.32. The number of amides is 2. The molecule has 2 amide bonds. The first kappa shape index (κ1) is 24.9. The summed E-state index contributed by atoms with van der Waals surface area (Å²) < 4.78 is 5.65. The molecule has 0 spiro atoms. The number of aryl methyl sites for hydroxylation is 1. The third-order valence-electron chi connectivity index (χ3n) is 5.13. The zero-order valence-electron chi connectivity index (χ0n) is 18.9. The van der Waals surface area contributed by atoms with Crippen LogP contribution in [-0.2, 0) is 9.59 Å². The minimum absolute atomic E-state index is 0.188. The summed E-state index contributed by atoms with van der Waals surface area (Å²) in [4.78, 5) is 37.3. The Labute approximate surface area is 216 Å². The smallest absolute Gasteiger partial charge is 0.343 e. The summed E-state index contributed by atoms with van der Waals surface area (Å²) in [5, 5.41) is 8.46. The number of rotatable bonds is 5. The fraction of sp³-hybridized carbons (Fsp3) is 0.0370. The number of benzene rings is 4. The van der Waals surface area contributed by atoms with Gasteiger partial charge in [0.15, 0.2) is 0 Å². The van der Waals surface area contributed by atoms with Gasteiger partial charge in [-0.2, -0.15) is 5.10 Å². The van der Waals surface area contributed by atoms with Crippen LogP contribution < -0.4 is 15.5 Å². The zero-order valence-corrected chi connectivity index (χ0v) is 20.4. The maximum Gasteiger partial charge on any atom is 0.343 e. The van der Waals surface area contributed by atoms with Gasteiger partial charge in [0.25, 0.3) is 0 Å². The highest BCUT2D eigenvalue weighted by Gasteiger charge is 2.16. The summed E-state index contributed by atoms with van der Waals surface area (Å²) in [6.45, 7) is 1.88. The average Bonchev–Trinajstić information content (AvgIpc) is 2.87. The van der Waals surface area contributed by atoms with E-state index in [1.165, 1.54) is 18.3 Å². The van der Waals surface area contributed by atoms with E-state index in [2.05, 4.69) is 15.8 Å². The topological polar surface area (TPSA) is 96.9 Å². The number of carbonyl (C=O) groups excluding carboxylic acids is 3. The Kier molecular flexibility index (Phi) is 7.63. The van der Waals surface area contributed by atoms with E-state index in [9.17, 15) is 14.4 Å². The van der Waals surface area contributed by atoms with Crippen LogP contribution in [-0.4, -0.2) is 24.0 Å². The number of anilines is 1. The molecule has 0 unspecified atom stereocenters. The lowest BCUT2D eigenvalue weighted by atomic mass is 10.0. The standard InChI is InChI=1S/C27H19Cl2N3O4/c1-16-5-4-7-18(13-16)27(35)36-24-12-9-17-6-2-3-8-20(17)21(24)15-30-32-26(34)25(33)31-23-14-19(28)10-11-22(23)29/h2-15H,1H3,(H,31,33)(H,32,34)/b30-15-. The van der Waals surface area contributed by atoms with Gasteiger partial charge in [-0.05, 0) is 54.1 Å². The second kappa shape index (κ2) is 11.0. The predicted molar refractivity (Wildman–Crippen MR) is 141 cm³/mol. The first-order chi connectivity index (χ1) is 17.3. The molecule has 0 radical (unpaired) electrons. The molecular formula is C27H19Cl2N3O4. The van der Waals surface area contributed by atoms with E-state index in [-0.39, 0.29) is 16.5 Å². The summed E-state index contributed by atoms with van der Waals surface area (Å²) in [6.07, 6.45) is 1.32. The van der Waals surface area contributed by atoms with Crippen LogP contribution in [0.2, 0.25) is 10.0 Å². The van der Waals surface area contributed by atoms with E-state index in [1.54, 1.807) is 30.3 Å². The molecule has 0 aromatic heterocycles. The molecule has 0 aliphatic heterocycles. The number of nitrogens with one attached hydrogen (secondary N) is 2. The Hall–Kier alpha value is -4.20. The number of esters is 1. The van der Waals surface area contributed by atoms with Crippen molar-refractivity contribution in [3.05, 3.63) is 106 Å². The largest absolute Gasteiger partial charge is 0.422 e. The lowest BCUT2D eigenvalue weighted by Gasteiger charge is -2.11. The molecule has 4 rings (SSSR count). The average molecular weight is 520 g/mol. The summed E-state index contributed by atoms with van der Waals surface area (Å²) >= 11 is 11.9. The van der Waals surface area contributed by atoms with Crippen LogP contribution in [0.1, 0.15) is 21.5 Å². The number of hydrazone groups is 1. The number of hydrogen-bond donors (Lipinski definition) is 2. The van der Waals surface area contributed by atoms with Crippen LogP contribution >= 0.6 is 23.2 Å². The molecule has 7 nitrogen and oxygen atoms in total. The third kappa shape index (κ3) is 5.89. The van der Waals surface area contributed by atoms with E-state index in [4.69, 9.17) is 27.9 Å². The van der Waals surface area contributed by atoms with Crippen LogP contribution in [0.15, 0.2) is 84.0 Å². The Bertz CT molecular complexity index is 1520. The zero-order chi connectivity index (χ0) is 25.7. The maximum atomic E-state index is 12.7. The van der Waals surface area contributed by atoms with E-state index >= 15 is 0 Å². The number of nitrogens with zero attached hydrogens (tertiary/aromatic N) is 1. The molecule has 9 heteroatoms. The van der Waals surface area contributed by atoms with E-state index in [0.717, 1.165) is 16.3 Å². The molecule has 0 saturated carbocycles. The van der Waals surface area contributed by atoms with Gasteiger partial charge < -0.3 is 10.1 Å². The van der Waals surface area contributed by atoms with Crippen molar-refractivity contribution in [1.82, 2.24) is 5.43 Å². The van der Waals surface area contributed by atoms with E-state index < -0.39 is 17.8 Å². The maximum absolute atomic E-state index is 12.7. The van der Waals surface area contributed by atoms with Crippen LogP contribution in [0, 0.1) is 6.92 Å². The number of fused-ring (bicyclic) bond motifs is 1. The summed E-state index contributed by atoms with van der Waals surface area (Å²) in [5.74, 6) is -2.31. The van der Waals surface area contributed by atoms with Gasteiger partial charge in [-0.3, -0.25) is 9.59 Å². The monoisotopic (exact) mass is 519 g/mol. The van der Waals surface area contributed by atoms with Gasteiger partial charge in [0.05, 0.1) is 22.5 Å². The van der Waals surface area contributed by atoms with Gasteiger partial charge >= 0.3 is 17.8 Å². The summed E-state index contributed by atoms with van der Waals surface area (Å²) in [7, 11) is 0. The quantitative estimate of drug-likeness (QED) is 0.115. The molecular weight excluding hydrogens is 501 g/mol. The van der Waals surface area contributed by atoms with Crippen molar-refractivity contribution in [2.45, 2.75) is 6.92 Å². The highest BCUT2D eigenvalue weighted by atomic mass is 35.5. The normalized spacial score (nSPS) is 10.9. The fourth-order valence-corrected chi connectivity index (χ4v) is 3.74. The molecule has 4 aromatic carbocycles. The second-order valence-corrected chi connectivity index (χ2v) is 8.58. The molecule has 4 aromatic rings. The molecule has 0 atom stereocenters. The van der Waals surface area contributed by atoms with Crippen molar-refractivity contribution in [3.8, 4) is 5.75 Å². The number of halogens is 2. The van der Waals surface area contributed by atoms with Crippen molar-refractivity contribution in [3.63, 3.8) is 0 Å². The van der Waals surface area contributed by atoms with Gasteiger partial charge in [-0.25, -0.2) is 10.2 Å². The van der Waals surface area contributed by atoms with Crippen LogP contribution in [0.3, 0.4) is 0 Å². The van der Waals surface area contributed by atoms with Gasteiger partial charge in [0.2, 0.25) is 0 Å². The molecule has 0 fully saturated rings. The Morgan fingerprint density at radius 1 is 0.889 bits per heavy atom. The molecule has 2 N–H and O–H groups in total. The van der Waals surface area contributed by atoms with Crippen molar-refractivity contribution < 1.29 is 19.1 Å². The van der Waals surface area contributed by atoms with Gasteiger partial charge in [0, 0.05) is 10.6 Å². The van der Waals surface area contributed by atoms with Gasteiger partial charge in [-0.1, -0.05) is 71.2 Å². The van der Waals surface area contributed by atoms with Crippen LogP contribution in [0.5, 0.6) is 5.75 Å². The predicted octanol–water partition coefficient (Wildman–Crippen LogP) is 5.76. The Morgan fingerprint density at radius 2 is 1.69 bits per heavy atom. The van der Waals surface area contributed by atoms with Gasteiger partial charge in [-0.15, -0.1) is 0 Å². The summed E-state index contributed by atoms with van der Waals surface area (Å²) in [5.41, 5.74) is 4.13. The molecule has 0 aliphatic rings. The molecule has 0 heterocycles. The highest BCUT2D eigenvalue weighted by molar-refractivity contribution is 6.42. The number of carbonyl (C=O) groups is 3. The van der Waals surface area contributed by atoms with Crippen LogP contribution in [0.4, 0.5) is 5.69 Å². The SMILES string of the molecule is Cc1cccc(C(=O)Oc2ccc3ccccc3c2/C=N\NC(=O)C(=O)Nc2cc(Cl)ccc2Cl)c1. The van der Waals surface area contributed by atoms with Gasteiger partial charge in [0.1, 0.15) is 5.75 Å². The fourth-order valence-electron chi connectivity index (χ4n) is 3.41. The second-order valence-electron chi connectivity index (χ2n) is 7.73. The molecule has 180 valence electrons. The van der Waals surface area contributed by atoms with Crippen LogP contribution in [0.25, 0.3) is 10.8 Å². The number of ether oxygens (including phenoxy) is 1. The molecule has 0 aliphatic carbocycles. The van der Waals surface area contributed by atoms with E-state index in [1.807, 2.05) is 43.3 Å². The van der Waals surface area contributed by atoms with E-state index in [0.29, 0.717) is 16.1 Å². The first-order valence-corrected chi connectivity index (χ1v) is 11.5. The van der Waals surface area contributed by atoms with Crippen molar-refractivity contribution >= 4 is 63.7 Å². The Balaban J connectivity index is 1.55. The highest BCUT2D eigenvalue weighted by Crippen LogP contribution is 2.28. The van der Waals surface area contributed by atoms with Crippen molar-refractivity contribution in [2.75, 3.05) is 5.32 Å². The Morgan fingerprint density at radius 3 is 2.50 bits per heavy atom. The molecule has 0 bridgehead atoms. The minimum Gasteiger partial charge on any atom is -0.422 e. The molecule has 0 saturated heterocycles. The van der Waals surface area contributed by atoms with Crippen molar-refractivity contribution in [1.29, 1.82) is 0 Å². The first-order valence-electron chi connectivity index (χ1n) is 10.7. The van der Waals surface area contributed by atoms with Crippen molar-refractivity contribution in [2.24, 2.45) is 5.10 Å². The minimum atomic E-state index is -1.03. The molecule has 36 heavy (non-hydrogen) atoms. The number of hydrogen-bond acceptors (Lipinski definition) is 5.